The summed E-state index contributed by atoms with van der Waals surface area (Å²) in [6.45, 7) is 3.86. The van der Waals surface area contributed by atoms with Crippen LogP contribution in [0.1, 0.15) is 30.9 Å². The van der Waals surface area contributed by atoms with E-state index in [1.807, 2.05) is 6.92 Å². The van der Waals surface area contributed by atoms with E-state index in [2.05, 4.69) is 29.6 Å². The molecule has 1 N–H and O–H groups in total. The van der Waals surface area contributed by atoms with Gasteiger partial charge in [0.05, 0.1) is 12.1 Å². The first kappa shape index (κ1) is 14.6. The minimum Gasteiger partial charge on any atom is -0.470 e. The molecule has 116 valence electrons. The van der Waals surface area contributed by atoms with E-state index in [9.17, 15) is 9.59 Å². The van der Waals surface area contributed by atoms with Gasteiger partial charge in [-0.15, -0.1) is 0 Å². The molecule has 0 spiro atoms. The third-order valence-electron chi connectivity index (χ3n) is 4.04. The van der Waals surface area contributed by atoms with Gasteiger partial charge in [-0.3, -0.25) is 4.79 Å². The zero-order valence-electron chi connectivity index (χ0n) is 12.8. The van der Waals surface area contributed by atoms with Crippen molar-refractivity contribution in [2.75, 3.05) is 13.2 Å². The summed E-state index contributed by atoms with van der Waals surface area (Å²) >= 11 is 0. The highest BCUT2D eigenvalue weighted by atomic mass is 16.5. The standard InChI is InChI=1S/C17H19NO4/c1-3-21-16(20)14-13(19)10-22-15(14)18-17(8-9-17)12-6-4-11(2)5-7-12/h4-7,18H,3,8-10H2,1-2H3. The summed E-state index contributed by atoms with van der Waals surface area (Å²) in [5, 5.41) is 3.26. The maximum Gasteiger partial charge on any atom is 0.347 e. The van der Waals surface area contributed by atoms with E-state index in [1.165, 1.54) is 5.56 Å². The zero-order chi connectivity index (χ0) is 15.7. The van der Waals surface area contributed by atoms with Gasteiger partial charge in [-0.05, 0) is 32.3 Å². The second-order valence-corrected chi connectivity index (χ2v) is 5.71. The summed E-state index contributed by atoms with van der Waals surface area (Å²) in [6.07, 6.45) is 1.88. The first-order valence-electron chi connectivity index (χ1n) is 7.48. The average molecular weight is 301 g/mol. The number of carbonyl (C=O) groups excluding carboxylic acids is 2. The SMILES string of the molecule is CCOC(=O)C1=C(NC2(c3ccc(C)cc3)CC2)OCC1=O. The van der Waals surface area contributed by atoms with Gasteiger partial charge in [0.2, 0.25) is 11.7 Å². The van der Waals surface area contributed by atoms with Crippen molar-refractivity contribution >= 4 is 11.8 Å². The molecular weight excluding hydrogens is 282 g/mol. The molecule has 22 heavy (non-hydrogen) atoms. The van der Waals surface area contributed by atoms with Gasteiger partial charge in [0, 0.05) is 0 Å². The van der Waals surface area contributed by atoms with Gasteiger partial charge in [0.15, 0.2) is 12.2 Å². The summed E-state index contributed by atoms with van der Waals surface area (Å²) in [5.74, 6) is -0.700. The summed E-state index contributed by atoms with van der Waals surface area (Å²) in [7, 11) is 0. The van der Waals surface area contributed by atoms with Crippen LogP contribution in [0.25, 0.3) is 0 Å². The number of benzene rings is 1. The summed E-state index contributed by atoms with van der Waals surface area (Å²) in [5.41, 5.74) is 2.08. The lowest BCUT2D eigenvalue weighted by Crippen LogP contribution is -2.30. The number of aryl methyl sites for hydroxylation is 1. The lowest BCUT2D eigenvalue weighted by molar-refractivity contribution is -0.139. The van der Waals surface area contributed by atoms with Crippen LogP contribution in [-0.4, -0.2) is 25.0 Å². The van der Waals surface area contributed by atoms with Gasteiger partial charge in [-0.2, -0.15) is 0 Å². The Labute approximate surface area is 129 Å². The smallest absolute Gasteiger partial charge is 0.347 e. The predicted molar refractivity (Wildman–Crippen MR) is 79.8 cm³/mol. The summed E-state index contributed by atoms with van der Waals surface area (Å²) in [6, 6.07) is 8.24. The molecular formula is C17H19NO4. The third-order valence-corrected chi connectivity index (χ3v) is 4.04. The van der Waals surface area contributed by atoms with Crippen molar-refractivity contribution in [3.05, 3.63) is 46.8 Å². The molecule has 2 aliphatic rings. The number of ketones is 1. The molecule has 0 bridgehead atoms. The molecule has 1 aromatic carbocycles. The summed E-state index contributed by atoms with van der Waals surface area (Å²) in [4.78, 5) is 23.8. The second-order valence-electron chi connectivity index (χ2n) is 5.71. The fraction of sp³-hybridized carbons (Fsp3) is 0.412. The molecule has 3 rings (SSSR count). The molecule has 5 heteroatoms. The van der Waals surface area contributed by atoms with E-state index in [-0.39, 0.29) is 36.0 Å². The first-order valence-corrected chi connectivity index (χ1v) is 7.48. The number of nitrogens with one attached hydrogen (secondary N) is 1. The quantitative estimate of drug-likeness (QED) is 0.665. The van der Waals surface area contributed by atoms with Gasteiger partial charge in [0.1, 0.15) is 0 Å². The van der Waals surface area contributed by atoms with E-state index < -0.39 is 5.97 Å². The fourth-order valence-corrected chi connectivity index (χ4v) is 2.62. The van der Waals surface area contributed by atoms with Crippen molar-refractivity contribution in [2.45, 2.75) is 32.2 Å². The Kier molecular flexibility index (Phi) is 3.64. The topological polar surface area (TPSA) is 64.6 Å². The summed E-state index contributed by atoms with van der Waals surface area (Å²) < 4.78 is 10.3. The molecule has 0 saturated heterocycles. The molecule has 0 radical (unpaired) electrons. The van der Waals surface area contributed by atoms with Crippen LogP contribution in [0.3, 0.4) is 0 Å². The van der Waals surface area contributed by atoms with Crippen LogP contribution in [0.2, 0.25) is 0 Å². The third kappa shape index (κ3) is 2.58. The molecule has 1 aliphatic heterocycles. The zero-order valence-corrected chi connectivity index (χ0v) is 12.8. The van der Waals surface area contributed by atoms with Crippen molar-refractivity contribution in [3.63, 3.8) is 0 Å². The average Bonchev–Trinajstić information content (AvgIpc) is 3.17. The maximum atomic E-state index is 11.9. The number of hydrogen-bond acceptors (Lipinski definition) is 5. The second kappa shape index (κ2) is 5.48. The van der Waals surface area contributed by atoms with Crippen molar-refractivity contribution in [1.29, 1.82) is 0 Å². The largest absolute Gasteiger partial charge is 0.470 e. The van der Waals surface area contributed by atoms with Gasteiger partial charge >= 0.3 is 5.97 Å². The molecule has 0 aromatic heterocycles. The van der Waals surface area contributed by atoms with E-state index in [1.54, 1.807) is 6.92 Å². The van der Waals surface area contributed by atoms with Gasteiger partial charge in [-0.25, -0.2) is 4.79 Å². The van der Waals surface area contributed by atoms with Gasteiger partial charge in [-0.1, -0.05) is 29.8 Å². The predicted octanol–water partition coefficient (Wildman–Crippen LogP) is 1.95. The van der Waals surface area contributed by atoms with Crippen LogP contribution in [-0.2, 0) is 24.6 Å². The van der Waals surface area contributed by atoms with Crippen molar-refractivity contribution < 1.29 is 19.1 Å². The van der Waals surface area contributed by atoms with Crippen LogP contribution in [0.5, 0.6) is 0 Å². The molecule has 0 atom stereocenters. The molecule has 1 saturated carbocycles. The Morgan fingerprint density at radius 2 is 2.00 bits per heavy atom. The van der Waals surface area contributed by atoms with E-state index in [0.717, 1.165) is 18.4 Å². The van der Waals surface area contributed by atoms with Crippen LogP contribution in [0.4, 0.5) is 0 Å². The normalized spacial score (nSPS) is 18.9. The molecule has 1 aromatic rings. The Balaban J connectivity index is 1.86. The van der Waals surface area contributed by atoms with Crippen molar-refractivity contribution in [2.24, 2.45) is 0 Å². The Bertz CT molecular complexity index is 641. The number of rotatable bonds is 5. The molecule has 5 nitrogen and oxygen atoms in total. The van der Waals surface area contributed by atoms with Crippen molar-refractivity contribution in [3.8, 4) is 0 Å². The molecule has 0 unspecified atom stereocenters. The highest BCUT2D eigenvalue weighted by Gasteiger charge is 2.47. The number of carbonyl (C=O) groups is 2. The van der Waals surface area contributed by atoms with E-state index in [0.29, 0.717) is 0 Å². The number of Topliss-reactive ketones (excluding diaryl/α,β-unsaturated/α-hetero) is 1. The molecule has 1 heterocycles. The van der Waals surface area contributed by atoms with Crippen LogP contribution < -0.4 is 5.32 Å². The van der Waals surface area contributed by atoms with Gasteiger partial charge < -0.3 is 14.8 Å². The maximum absolute atomic E-state index is 11.9. The van der Waals surface area contributed by atoms with Crippen LogP contribution in [0.15, 0.2) is 35.7 Å². The highest BCUT2D eigenvalue weighted by molar-refractivity contribution is 6.19. The van der Waals surface area contributed by atoms with Crippen LogP contribution in [0, 0.1) is 6.92 Å². The Morgan fingerprint density at radius 1 is 1.32 bits per heavy atom. The number of ether oxygens (including phenoxy) is 2. The van der Waals surface area contributed by atoms with Crippen molar-refractivity contribution in [1.82, 2.24) is 5.32 Å². The minimum absolute atomic E-state index is 0.000219. The van der Waals surface area contributed by atoms with E-state index in [4.69, 9.17) is 9.47 Å². The van der Waals surface area contributed by atoms with Crippen LogP contribution >= 0.6 is 0 Å². The Morgan fingerprint density at radius 3 is 2.59 bits per heavy atom. The fourth-order valence-electron chi connectivity index (χ4n) is 2.62. The first-order chi connectivity index (χ1) is 10.6. The Hall–Kier alpha value is -2.30. The highest BCUT2D eigenvalue weighted by Crippen LogP contribution is 2.46. The monoisotopic (exact) mass is 301 g/mol. The molecule has 0 amide bonds. The lowest BCUT2D eigenvalue weighted by atomic mass is 10.0. The number of hydrogen-bond donors (Lipinski definition) is 1. The number of esters is 1. The molecule has 1 fully saturated rings. The van der Waals surface area contributed by atoms with Gasteiger partial charge in [0.25, 0.3) is 0 Å². The lowest BCUT2D eigenvalue weighted by Gasteiger charge is -2.20. The molecule has 1 aliphatic carbocycles. The van der Waals surface area contributed by atoms with E-state index >= 15 is 0 Å². The minimum atomic E-state index is -0.618.